The van der Waals surface area contributed by atoms with E-state index in [0.29, 0.717) is 0 Å². The lowest BCUT2D eigenvalue weighted by molar-refractivity contribution is 0.409. The van der Waals surface area contributed by atoms with E-state index in [1.54, 1.807) is 19.5 Å². The molecule has 2 heterocycles. The van der Waals surface area contributed by atoms with E-state index in [1.165, 1.54) is 12.0 Å². The number of fused-ring (bicyclic) bond motifs is 1. The molecule has 0 atom stereocenters. The van der Waals surface area contributed by atoms with Crippen molar-refractivity contribution < 1.29 is 4.74 Å². The Morgan fingerprint density at radius 2 is 2.14 bits per heavy atom. The van der Waals surface area contributed by atoms with Gasteiger partial charge in [0.05, 0.1) is 18.8 Å². The minimum absolute atomic E-state index is 0.874. The number of aryl methyl sites for hydroxylation is 1. The fourth-order valence-electron chi connectivity index (χ4n) is 2.48. The average Bonchev–Trinajstić information content (AvgIpc) is 2.96. The highest BCUT2D eigenvalue weighted by Crippen LogP contribution is 2.27. The zero-order valence-electron chi connectivity index (χ0n) is 12.4. The van der Waals surface area contributed by atoms with Crippen LogP contribution in [0.15, 0.2) is 36.7 Å². The highest BCUT2D eigenvalue weighted by molar-refractivity contribution is 5.78. The summed E-state index contributed by atoms with van der Waals surface area (Å²) in [6, 6.07) is 8.16. The van der Waals surface area contributed by atoms with E-state index >= 15 is 0 Å². The first-order chi connectivity index (χ1) is 10.3. The van der Waals surface area contributed by atoms with Gasteiger partial charge in [0, 0.05) is 11.8 Å². The van der Waals surface area contributed by atoms with Crippen LogP contribution in [0.5, 0.6) is 5.75 Å². The molecule has 4 nitrogen and oxygen atoms in total. The Labute approximate surface area is 124 Å². The van der Waals surface area contributed by atoms with Gasteiger partial charge in [0.2, 0.25) is 0 Å². The molecule has 0 aliphatic heterocycles. The Morgan fingerprint density at radius 3 is 2.90 bits per heavy atom. The van der Waals surface area contributed by atoms with Gasteiger partial charge in [-0.3, -0.25) is 4.98 Å². The quantitative estimate of drug-likeness (QED) is 0.769. The van der Waals surface area contributed by atoms with Crippen molar-refractivity contribution >= 4 is 11.0 Å². The largest absolute Gasteiger partial charge is 0.496 e. The van der Waals surface area contributed by atoms with E-state index in [0.717, 1.165) is 41.0 Å². The predicted molar refractivity (Wildman–Crippen MR) is 84.5 cm³/mol. The first-order valence-electron chi connectivity index (χ1n) is 7.29. The fourth-order valence-corrected chi connectivity index (χ4v) is 2.48. The van der Waals surface area contributed by atoms with Crippen LogP contribution in [0.3, 0.4) is 0 Å². The first kappa shape index (κ1) is 13.6. The molecule has 2 aromatic heterocycles. The minimum Gasteiger partial charge on any atom is -0.496 e. The summed E-state index contributed by atoms with van der Waals surface area (Å²) in [5, 5.41) is 0. The second-order valence-corrected chi connectivity index (χ2v) is 5.11. The maximum Gasteiger partial charge on any atom is 0.138 e. The van der Waals surface area contributed by atoms with Crippen LogP contribution in [0.1, 0.15) is 25.3 Å². The second kappa shape index (κ2) is 5.95. The summed E-state index contributed by atoms with van der Waals surface area (Å²) >= 11 is 0. The van der Waals surface area contributed by atoms with Crippen molar-refractivity contribution in [3.63, 3.8) is 0 Å². The number of imidazole rings is 1. The van der Waals surface area contributed by atoms with Crippen molar-refractivity contribution in [1.82, 2.24) is 15.0 Å². The molecule has 0 bridgehead atoms. The van der Waals surface area contributed by atoms with Crippen molar-refractivity contribution in [2.24, 2.45) is 0 Å². The van der Waals surface area contributed by atoms with E-state index in [1.807, 2.05) is 18.2 Å². The molecule has 0 unspecified atom stereocenters. The Kier molecular flexibility index (Phi) is 3.86. The van der Waals surface area contributed by atoms with Gasteiger partial charge < -0.3 is 9.72 Å². The molecule has 3 rings (SSSR count). The SMILES string of the molecule is CCCCc1cc(-c2nc3cnccc3[nH]2)ccc1OC. The third-order valence-electron chi connectivity index (χ3n) is 3.64. The summed E-state index contributed by atoms with van der Waals surface area (Å²) in [5.74, 6) is 1.82. The summed E-state index contributed by atoms with van der Waals surface area (Å²) in [7, 11) is 1.72. The molecule has 4 heteroatoms. The number of hydrogen-bond acceptors (Lipinski definition) is 3. The van der Waals surface area contributed by atoms with Gasteiger partial charge in [-0.25, -0.2) is 4.98 Å². The molecular formula is C17H19N3O. The fraction of sp³-hybridized carbons (Fsp3) is 0.294. The summed E-state index contributed by atoms with van der Waals surface area (Å²) < 4.78 is 5.45. The zero-order chi connectivity index (χ0) is 14.7. The number of H-pyrrole nitrogens is 1. The summed E-state index contributed by atoms with van der Waals surface area (Å²) in [5.41, 5.74) is 4.21. The van der Waals surface area contributed by atoms with Gasteiger partial charge in [-0.2, -0.15) is 0 Å². The van der Waals surface area contributed by atoms with Crippen LogP contribution < -0.4 is 4.74 Å². The molecule has 0 spiro atoms. The van der Waals surface area contributed by atoms with Gasteiger partial charge in [0.25, 0.3) is 0 Å². The topological polar surface area (TPSA) is 50.8 Å². The molecule has 3 aromatic rings. The van der Waals surface area contributed by atoms with Crippen LogP contribution in [0.2, 0.25) is 0 Å². The van der Waals surface area contributed by atoms with Gasteiger partial charge >= 0.3 is 0 Å². The molecule has 0 aliphatic carbocycles. The van der Waals surface area contributed by atoms with Crippen molar-refractivity contribution in [3.05, 3.63) is 42.2 Å². The number of pyridine rings is 1. The van der Waals surface area contributed by atoms with Crippen molar-refractivity contribution in [2.45, 2.75) is 26.2 Å². The van der Waals surface area contributed by atoms with E-state index in [-0.39, 0.29) is 0 Å². The van der Waals surface area contributed by atoms with E-state index in [9.17, 15) is 0 Å². The van der Waals surface area contributed by atoms with Gasteiger partial charge in [-0.05, 0) is 42.7 Å². The van der Waals surface area contributed by atoms with Crippen LogP contribution in [0.4, 0.5) is 0 Å². The molecule has 0 fully saturated rings. The summed E-state index contributed by atoms with van der Waals surface area (Å²) in [4.78, 5) is 12.0. The molecule has 0 aliphatic rings. The Morgan fingerprint density at radius 1 is 1.24 bits per heavy atom. The molecule has 1 aromatic carbocycles. The van der Waals surface area contributed by atoms with Gasteiger partial charge in [-0.15, -0.1) is 0 Å². The summed E-state index contributed by atoms with van der Waals surface area (Å²) in [6.45, 7) is 2.20. The number of aromatic nitrogens is 3. The minimum atomic E-state index is 0.874. The first-order valence-corrected chi connectivity index (χ1v) is 7.29. The monoisotopic (exact) mass is 281 g/mol. The molecule has 0 radical (unpaired) electrons. The maximum atomic E-state index is 5.45. The van der Waals surface area contributed by atoms with Gasteiger partial charge in [0.1, 0.15) is 17.1 Å². The highest BCUT2D eigenvalue weighted by atomic mass is 16.5. The molecule has 0 saturated carbocycles. The van der Waals surface area contributed by atoms with Crippen LogP contribution in [0.25, 0.3) is 22.4 Å². The number of rotatable bonds is 5. The molecular weight excluding hydrogens is 262 g/mol. The smallest absolute Gasteiger partial charge is 0.138 e. The Hall–Kier alpha value is -2.36. The lowest BCUT2D eigenvalue weighted by Gasteiger charge is -2.09. The standard InChI is InChI=1S/C17H19N3O/c1-3-4-5-12-10-13(6-7-16(12)21-2)17-19-14-8-9-18-11-15(14)20-17/h6-11H,3-5H2,1-2H3,(H,19,20). The molecule has 108 valence electrons. The third kappa shape index (κ3) is 2.75. The molecule has 0 amide bonds. The number of nitrogens with one attached hydrogen (secondary N) is 1. The van der Waals surface area contributed by atoms with Crippen LogP contribution >= 0.6 is 0 Å². The van der Waals surface area contributed by atoms with Crippen molar-refractivity contribution in [3.8, 4) is 17.1 Å². The number of hydrogen-bond donors (Lipinski definition) is 1. The molecule has 21 heavy (non-hydrogen) atoms. The summed E-state index contributed by atoms with van der Waals surface area (Å²) in [6.07, 6.45) is 6.89. The second-order valence-electron chi connectivity index (χ2n) is 5.11. The van der Waals surface area contributed by atoms with Crippen molar-refractivity contribution in [2.75, 3.05) is 7.11 Å². The Balaban J connectivity index is 2.01. The highest BCUT2D eigenvalue weighted by Gasteiger charge is 2.09. The van der Waals surface area contributed by atoms with Crippen LogP contribution in [-0.2, 0) is 6.42 Å². The zero-order valence-corrected chi connectivity index (χ0v) is 12.4. The lowest BCUT2D eigenvalue weighted by atomic mass is 10.0. The maximum absolute atomic E-state index is 5.45. The average molecular weight is 281 g/mol. The third-order valence-corrected chi connectivity index (χ3v) is 3.64. The number of methoxy groups -OCH3 is 1. The number of unbranched alkanes of at least 4 members (excludes halogenated alkanes) is 1. The van der Waals surface area contributed by atoms with Crippen LogP contribution in [0, 0.1) is 0 Å². The van der Waals surface area contributed by atoms with Crippen LogP contribution in [-0.4, -0.2) is 22.1 Å². The molecule has 1 N–H and O–H groups in total. The number of benzene rings is 1. The predicted octanol–water partition coefficient (Wildman–Crippen LogP) is 3.98. The van der Waals surface area contributed by atoms with Gasteiger partial charge in [-0.1, -0.05) is 13.3 Å². The van der Waals surface area contributed by atoms with Gasteiger partial charge in [0.15, 0.2) is 0 Å². The normalized spacial score (nSPS) is 11.0. The van der Waals surface area contributed by atoms with Crippen molar-refractivity contribution in [1.29, 1.82) is 0 Å². The number of ether oxygens (including phenoxy) is 1. The lowest BCUT2D eigenvalue weighted by Crippen LogP contribution is -1.93. The van der Waals surface area contributed by atoms with E-state index in [4.69, 9.17) is 4.74 Å². The Bertz CT molecular complexity index is 716. The number of nitrogens with zero attached hydrogens (tertiary/aromatic N) is 2. The van der Waals surface area contributed by atoms with E-state index in [2.05, 4.69) is 27.9 Å². The number of aromatic amines is 1. The van der Waals surface area contributed by atoms with E-state index < -0.39 is 0 Å². The molecule has 0 saturated heterocycles.